The minimum Gasteiger partial charge on any atom is -0.271 e. The monoisotopic (exact) mass is 302 g/mol. The molecule has 2 unspecified atom stereocenters. The van der Waals surface area contributed by atoms with Gasteiger partial charge in [0.25, 0.3) is 0 Å². The largest absolute Gasteiger partial charge is 0.271 e. The predicted molar refractivity (Wildman–Crippen MR) is 72.9 cm³/mol. The molecule has 0 heterocycles. The van der Waals surface area contributed by atoms with Gasteiger partial charge in [-0.15, -0.1) is 0 Å². The Kier molecular flexibility index (Phi) is 6.09. The molecule has 2 atom stereocenters. The summed E-state index contributed by atoms with van der Waals surface area (Å²) in [6.45, 7) is 4.32. The molecule has 0 aliphatic rings. The van der Waals surface area contributed by atoms with Crippen LogP contribution in [0.1, 0.15) is 44.7 Å². The zero-order valence-electron chi connectivity index (χ0n) is 10.3. The number of nitrogens with two attached hydrogens (primary N) is 1. The molecule has 2 nitrogen and oxygen atoms in total. The van der Waals surface area contributed by atoms with E-state index in [0.29, 0.717) is 11.5 Å². The third kappa shape index (κ3) is 4.37. The van der Waals surface area contributed by atoms with Crippen LogP contribution >= 0.6 is 15.9 Å². The standard InChI is InChI=1S/C13H20BrFN2/c1-3-4-9(2)7-13(17-16)11-8-10(14)5-6-12(11)15/h5-6,8-9,13,17H,3-4,7,16H2,1-2H3. The summed E-state index contributed by atoms with van der Waals surface area (Å²) in [5, 5.41) is 0. The van der Waals surface area contributed by atoms with Crippen LogP contribution in [0.25, 0.3) is 0 Å². The average Bonchev–Trinajstić information content (AvgIpc) is 2.30. The highest BCUT2D eigenvalue weighted by Crippen LogP contribution is 2.27. The lowest BCUT2D eigenvalue weighted by Crippen LogP contribution is -2.30. The van der Waals surface area contributed by atoms with Gasteiger partial charge in [0.2, 0.25) is 0 Å². The van der Waals surface area contributed by atoms with Gasteiger partial charge in [-0.05, 0) is 30.5 Å². The highest BCUT2D eigenvalue weighted by Gasteiger charge is 2.17. The van der Waals surface area contributed by atoms with Crippen LogP contribution in [0.5, 0.6) is 0 Å². The highest BCUT2D eigenvalue weighted by molar-refractivity contribution is 9.10. The topological polar surface area (TPSA) is 38.0 Å². The van der Waals surface area contributed by atoms with Gasteiger partial charge in [0.1, 0.15) is 5.82 Å². The van der Waals surface area contributed by atoms with Crippen LogP contribution in [0.15, 0.2) is 22.7 Å². The molecule has 3 N–H and O–H groups in total. The van der Waals surface area contributed by atoms with Crippen LogP contribution in [0, 0.1) is 11.7 Å². The summed E-state index contributed by atoms with van der Waals surface area (Å²) in [7, 11) is 0. The maximum atomic E-state index is 13.7. The predicted octanol–water partition coefficient (Wildman–Crippen LogP) is 3.92. The number of hydrazine groups is 1. The molecule has 17 heavy (non-hydrogen) atoms. The van der Waals surface area contributed by atoms with Crippen molar-refractivity contribution in [1.29, 1.82) is 0 Å². The van der Waals surface area contributed by atoms with E-state index in [1.54, 1.807) is 12.1 Å². The summed E-state index contributed by atoms with van der Waals surface area (Å²) in [6, 6.07) is 4.82. The molecule has 96 valence electrons. The summed E-state index contributed by atoms with van der Waals surface area (Å²) in [6.07, 6.45) is 3.12. The minimum atomic E-state index is -0.208. The van der Waals surface area contributed by atoms with Crippen molar-refractivity contribution in [3.8, 4) is 0 Å². The third-order valence-corrected chi connectivity index (χ3v) is 3.45. The van der Waals surface area contributed by atoms with Crippen molar-refractivity contribution in [2.75, 3.05) is 0 Å². The highest BCUT2D eigenvalue weighted by atomic mass is 79.9. The molecule has 1 aromatic carbocycles. The lowest BCUT2D eigenvalue weighted by Gasteiger charge is -2.21. The smallest absolute Gasteiger partial charge is 0.128 e. The molecule has 0 saturated carbocycles. The molecule has 0 aromatic heterocycles. The molecule has 0 radical (unpaired) electrons. The molecule has 0 bridgehead atoms. The summed E-state index contributed by atoms with van der Waals surface area (Å²) in [4.78, 5) is 0. The maximum absolute atomic E-state index is 13.7. The molecular formula is C13H20BrFN2. The second kappa shape index (κ2) is 7.09. The maximum Gasteiger partial charge on any atom is 0.128 e. The van der Waals surface area contributed by atoms with Crippen LogP contribution in [0.2, 0.25) is 0 Å². The third-order valence-electron chi connectivity index (χ3n) is 2.95. The second-order valence-electron chi connectivity index (χ2n) is 4.51. The van der Waals surface area contributed by atoms with Gasteiger partial charge in [0.05, 0.1) is 0 Å². The van der Waals surface area contributed by atoms with E-state index in [4.69, 9.17) is 5.84 Å². The molecule has 0 aliphatic carbocycles. The first-order valence-corrected chi connectivity index (χ1v) is 6.78. The molecule has 0 spiro atoms. The van der Waals surface area contributed by atoms with Crippen molar-refractivity contribution in [2.24, 2.45) is 11.8 Å². The van der Waals surface area contributed by atoms with Crippen molar-refractivity contribution >= 4 is 15.9 Å². The molecule has 4 heteroatoms. The number of benzene rings is 1. The van der Waals surface area contributed by atoms with Gasteiger partial charge >= 0.3 is 0 Å². The van der Waals surface area contributed by atoms with E-state index in [9.17, 15) is 4.39 Å². The van der Waals surface area contributed by atoms with Gasteiger partial charge in [-0.2, -0.15) is 0 Å². The zero-order chi connectivity index (χ0) is 12.8. The summed E-state index contributed by atoms with van der Waals surface area (Å²) >= 11 is 3.36. The first kappa shape index (κ1) is 14.6. The Morgan fingerprint density at radius 2 is 2.18 bits per heavy atom. The Labute approximate surface area is 111 Å². The van der Waals surface area contributed by atoms with Crippen molar-refractivity contribution in [1.82, 2.24) is 5.43 Å². The number of hydrogen-bond acceptors (Lipinski definition) is 2. The number of halogens is 2. The van der Waals surface area contributed by atoms with Crippen molar-refractivity contribution < 1.29 is 4.39 Å². The van der Waals surface area contributed by atoms with Crippen LogP contribution in [0.4, 0.5) is 4.39 Å². The van der Waals surface area contributed by atoms with Crippen molar-refractivity contribution in [3.05, 3.63) is 34.1 Å². The first-order valence-electron chi connectivity index (χ1n) is 5.99. The van der Waals surface area contributed by atoms with Crippen molar-refractivity contribution in [3.63, 3.8) is 0 Å². The van der Waals surface area contributed by atoms with Crippen molar-refractivity contribution in [2.45, 2.75) is 39.2 Å². The number of hydrogen-bond donors (Lipinski definition) is 2. The van der Waals surface area contributed by atoms with Crippen LogP contribution in [-0.2, 0) is 0 Å². The van der Waals surface area contributed by atoms with Crippen LogP contribution in [0.3, 0.4) is 0 Å². The second-order valence-corrected chi connectivity index (χ2v) is 5.43. The number of rotatable bonds is 6. The Morgan fingerprint density at radius 1 is 1.47 bits per heavy atom. The van der Waals surface area contributed by atoms with Gasteiger partial charge in [0.15, 0.2) is 0 Å². The fourth-order valence-electron chi connectivity index (χ4n) is 2.08. The normalized spacial score (nSPS) is 14.6. The van der Waals surface area contributed by atoms with Crippen LogP contribution in [-0.4, -0.2) is 0 Å². The molecule has 0 saturated heterocycles. The molecule has 0 aliphatic heterocycles. The van der Waals surface area contributed by atoms with E-state index >= 15 is 0 Å². The summed E-state index contributed by atoms with van der Waals surface area (Å²) in [5.74, 6) is 5.86. The van der Waals surface area contributed by atoms with E-state index in [2.05, 4.69) is 35.2 Å². The molecule has 0 fully saturated rings. The molecule has 1 aromatic rings. The molecule has 0 amide bonds. The number of nitrogens with one attached hydrogen (secondary N) is 1. The fraction of sp³-hybridized carbons (Fsp3) is 0.538. The Bertz CT molecular complexity index is 357. The van der Waals surface area contributed by atoms with Gasteiger partial charge in [-0.1, -0.05) is 42.6 Å². The average molecular weight is 303 g/mol. The molecule has 1 rings (SSSR count). The zero-order valence-corrected chi connectivity index (χ0v) is 11.9. The fourth-order valence-corrected chi connectivity index (χ4v) is 2.46. The lowest BCUT2D eigenvalue weighted by atomic mass is 9.93. The molecular weight excluding hydrogens is 283 g/mol. The van der Waals surface area contributed by atoms with E-state index in [1.807, 2.05) is 0 Å². The summed E-state index contributed by atoms with van der Waals surface area (Å²) in [5.41, 5.74) is 3.34. The van der Waals surface area contributed by atoms with E-state index in [1.165, 1.54) is 6.07 Å². The van der Waals surface area contributed by atoms with Crippen LogP contribution < -0.4 is 11.3 Å². The Hall–Kier alpha value is -0.450. The lowest BCUT2D eigenvalue weighted by molar-refractivity contribution is 0.385. The van der Waals surface area contributed by atoms with Gasteiger partial charge in [0, 0.05) is 16.1 Å². The van der Waals surface area contributed by atoms with E-state index in [0.717, 1.165) is 23.7 Å². The Balaban J connectivity index is 2.82. The minimum absolute atomic E-state index is 0.131. The van der Waals surface area contributed by atoms with E-state index < -0.39 is 0 Å². The quantitative estimate of drug-likeness (QED) is 0.617. The van der Waals surface area contributed by atoms with Gasteiger partial charge < -0.3 is 0 Å². The first-order chi connectivity index (χ1) is 8.08. The Morgan fingerprint density at radius 3 is 2.76 bits per heavy atom. The van der Waals surface area contributed by atoms with Gasteiger partial charge in [-0.3, -0.25) is 11.3 Å². The SMILES string of the molecule is CCCC(C)CC(NN)c1cc(Br)ccc1F. The summed E-state index contributed by atoms with van der Waals surface area (Å²) < 4.78 is 14.6. The van der Waals surface area contributed by atoms with Gasteiger partial charge in [-0.25, -0.2) is 4.39 Å². The van der Waals surface area contributed by atoms with E-state index in [-0.39, 0.29) is 11.9 Å².